The van der Waals surface area contributed by atoms with Crippen LogP contribution < -0.4 is 5.11 Å². The van der Waals surface area contributed by atoms with E-state index in [4.69, 9.17) is 0 Å². The minimum Gasteiger partial charge on any atom is -0.872 e. The molecule has 0 aromatic heterocycles. The molecule has 17 heavy (non-hydrogen) atoms. The number of carbonyl (C=O) groups is 1. The smallest absolute Gasteiger partial charge is 0.183 e. The zero-order valence-corrected chi connectivity index (χ0v) is 8.64. The van der Waals surface area contributed by atoms with Crippen LogP contribution >= 0.6 is 0 Å². The van der Waals surface area contributed by atoms with Gasteiger partial charge in [-0.05, 0) is 12.1 Å². The summed E-state index contributed by atoms with van der Waals surface area (Å²) in [6.45, 7) is 0. The second-order valence-corrected chi connectivity index (χ2v) is 2.98. The lowest BCUT2D eigenvalue weighted by Crippen LogP contribution is -1.88. The molecule has 88 valence electrons. The Morgan fingerprint density at radius 2 is 1.94 bits per heavy atom. The molecule has 0 saturated heterocycles. The lowest BCUT2D eigenvalue weighted by molar-refractivity contribution is -0.268. The Bertz CT molecular complexity index is 476. The fourth-order valence-corrected chi connectivity index (χ4v) is 0.952. The maximum Gasteiger partial charge on any atom is 0.183 e. The maximum absolute atomic E-state index is 13.0. The zero-order chi connectivity index (χ0) is 12.7. The second-order valence-electron chi connectivity index (χ2n) is 2.98. The summed E-state index contributed by atoms with van der Waals surface area (Å²) in [6, 6.07) is 5.39. The number of aliphatic imine (C=N–C) groups is 1. The van der Waals surface area contributed by atoms with E-state index in [2.05, 4.69) is 4.99 Å². The Labute approximate surface area is 96.4 Å². The molecule has 0 aliphatic heterocycles. The Balaban J connectivity index is 2.71. The summed E-state index contributed by atoms with van der Waals surface area (Å²) in [7, 11) is 0. The summed E-state index contributed by atoms with van der Waals surface area (Å²) in [4.78, 5) is 14.4. The van der Waals surface area contributed by atoms with Gasteiger partial charge in [-0.3, -0.25) is 9.79 Å². The lowest BCUT2D eigenvalue weighted by Gasteiger charge is -2.02. The van der Waals surface area contributed by atoms with Crippen LogP contribution in [0.15, 0.2) is 53.6 Å². The number of rotatable bonds is 4. The van der Waals surface area contributed by atoms with Crippen molar-refractivity contribution in [2.24, 2.45) is 4.99 Å². The molecule has 0 radical (unpaired) electrons. The predicted molar refractivity (Wildman–Crippen MR) is 58.5 cm³/mol. The fourth-order valence-electron chi connectivity index (χ4n) is 0.952. The summed E-state index contributed by atoms with van der Waals surface area (Å²) in [6.07, 6.45) is 2.02. The molecule has 3 nitrogen and oxygen atoms in total. The van der Waals surface area contributed by atoms with E-state index in [-0.39, 0.29) is 12.1 Å². The van der Waals surface area contributed by atoms with Crippen molar-refractivity contribution >= 4 is 17.7 Å². The molecule has 5 heteroatoms. The highest BCUT2D eigenvalue weighted by Gasteiger charge is 1.95. The van der Waals surface area contributed by atoms with Crippen molar-refractivity contribution in [2.75, 3.05) is 0 Å². The molecule has 0 aliphatic carbocycles. The van der Waals surface area contributed by atoms with Crippen LogP contribution in [0.3, 0.4) is 0 Å². The molecule has 0 N–H and O–H groups in total. The standard InChI is InChI=1S/C12H9F2NO2/c13-6-5-12(17)7-9(14)8-15-10-1-3-11(16)4-2-10/h1-8,16H/p-1/b6-5+,9-7-,15-8?. The van der Waals surface area contributed by atoms with Crippen LogP contribution in [0, 0.1) is 0 Å². The van der Waals surface area contributed by atoms with E-state index >= 15 is 0 Å². The molecule has 0 spiro atoms. The zero-order valence-electron chi connectivity index (χ0n) is 8.64. The number of hydrogen-bond donors (Lipinski definition) is 0. The number of ketones is 1. The summed E-state index contributed by atoms with van der Waals surface area (Å²) in [5.74, 6) is -1.89. The Kier molecular flexibility index (Phi) is 4.75. The maximum atomic E-state index is 13.0. The summed E-state index contributed by atoms with van der Waals surface area (Å²) in [5, 5.41) is 10.8. The number of allylic oxidation sites excluding steroid dienone is 3. The van der Waals surface area contributed by atoms with Gasteiger partial charge < -0.3 is 5.11 Å². The number of benzene rings is 1. The first-order valence-electron chi connectivity index (χ1n) is 4.61. The third-order valence-electron chi connectivity index (χ3n) is 1.68. The van der Waals surface area contributed by atoms with Crippen molar-refractivity contribution < 1.29 is 18.7 Å². The van der Waals surface area contributed by atoms with Gasteiger partial charge in [-0.25, -0.2) is 8.78 Å². The van der Waals surface area contributed by atoms with Crippen LogP contribution in [0.2, 0.25) is 0 Å². The molecule has 0 bridgehead atoms. The minimum absolute atomic E-state index is 0.0240. The SMILES string of the molecule is O=C(/C=C(\F)C=Nc1ccc([O-])cc1)/C=C/F. The van der Waals surface area contributed by atoms with E-state index in [9.17, 15) is 18.7 Å². The largest absolute Gasteiger partial charge is 0.872 e. The highest BCUT2D eigenvalue weighted by Crippen LogP contribution is 2.14. The van der Waals surface area contributed by atoms with E-state index < -0.39 is 11.6 Å². The molecule has 0 aliphatic rings. The van der Waals surface area contributed by atoms with E-state index in [1.54, 1.807) is 0 Å². The topological polar surface area (TPSA) is 52.5 Å². The monoisotopic (exact) mass is 236 g/mol. The normalized spacial score (nSPS) is 12.5. The van der Waals surface area contributed by atoms with Gasteiger partial charge in [-0.1, -0.05) is 12.1 Å². The number of hydrogen-bond acceptors (Lipinski definition) is 3. The third kappa shape index (κ3) is 4.83. The first-order chi connectivity index (χ1) is 8.11. The Morgan fingerprint density at radius 3 is 2.53 bits per heavy atom. The molecule has 0 heterocycles. The number of carbonyl (C=O) groups excluding carboxylic acids is 1. The number of halogens is 2. The van der Waals surface area contributed by atoms with Crippen molar-refractivity contribution in [3.05, 3.63) is 48.6 Å². The number of nitrogens with zero attached hydrogens (tertiary/aromatic N) is 1. The van der Waals surface area contributed by atoms with Crippen LogP contribution in [-0.4, -0.2) is 12.0 Å². The second kappa shape index (κ2) is 6.32. The average molecular weight is 236 g/mol. The third-order valence-corrected chi connectivity index (χ3v) is 1.68. The fraction of sp³-hybridized carbons (Fsp3) is 0. The molecule has 0 saturated carbocycles. The molecule has 0 amide bonds. The van der Waals surface area contributed by atoms with E-state index in [0.717, 1.165) is 6.21 Å². The van der Waals surface area contributed by atoms with Crippen molar-refractivity contribution in [1.82, 2.24) is 0 Å². The summed E-state index contributed by atoms with van der Waals surface area (Å²) in [5.41, 5.74) is 0.377. The molecule has 1 aromatic rings. The molecule has 0 fully saturated rings. The van der Waals surface area contributed by atoms with Gasteiger partial charge in [0.15, 0.2) is 5.78 Å². The lowest BCUT2D eigenvalue weighted by atomic mass is 10.3. The van der Waals surface area contributed by atoms with Gasteiger partial charge in [0.2, 0.25) is 0 Å². The van der Waals surface area contributed by atoms with E-state index in [1.807, 2.05) is 0 Å². The van der Waals surface area contributed by atoms with E-state index in [0.29, 0.717) is 17.8 Å². The molecular weight excluding hydrogens is 228 g/mol. The van der Waals surface area contributed by atoms with Gasteiger partial charge in [-0.2, -0.15) is 0 Å². The van der Waals surface area contributed by atoms with Crippen LogP contribution in [0.25, 0.3) is 0 Å². The summed E-state index contributed by atoms with van der Waals surface area (Å²) < 4.78 is 24.6. The first-order valence-corrected chi connectivity index (χ1v) is 4.61. The van der Waals surface area contributed by atoms with Crippen LogP contribution in [0.5, 0.6) is 5.75 Å². The van der Waals surface area contributed by atoms with Crippen molar-refractivity contribution in [2.45, 2.75) is 0 Å². The van der Waals surface area contributed by atoms with E-state index in [1.165, 1.54) is 24.3 Å². The first kappa shape index (κ1) is 12.8. The average Bonchev–Trinajstić information content (AvgIpc) is 2.28. The summed E-state index contributed by atoms with van der Waals surface area (Å²) >= 11 is 0. The van der Waals surface area contributed by atoms with Crippen LogP contribution in [0.4, 0.5) is 14.5 Å². The minimum atomic E-state index is -0.903. The van der Waals surface area contributed by atoms with Crippen LogP contribution in [-0.2, 0) is 4.79 Å². The van der Waals surface area contributed by atoms with Gasteiger partial charge in [0.05, 0.1) is 18.2 Å². The Hall–Kier alpha value is -2.30. The molecule has 1 rings (SSSR count). The van der Waals surface area contributed by atoms with Crippen molar-refractivity contribution in [1.29, 1.82) is 0 Å². The highest BCUT2D eigenvalue weighted by molar-refractivity contribution is 6.02. The van der Waals surface area contributed by atoms with Gasteiger partial charge in [0, 0.05) is 12.2 Å². The molecule has 0 unspecified atom stereocenters. The highest BCUT2D eigenvalue weighted by atomic mass is 19.1. The van der Waals surface area contributed by atoms with Gasteiger partial charge in [-0.15, -0.1) is 5.75 Å². The quantitative estimate of drug-likeness (QED) is 0.595. The molecule has 0 atom stereocenters. The Morgan fingerprint density at radius 1 is 1.29 bits per heavy atom. The van der Waals surface area contributed by atoms with Crippen molar-refractivity contribution in [3.63, 3.8) is 0 Å². The van der Waals surface area contributed by atoms with Gasteiger partial charge in [0.25, 0.3) is 0 Å². The van der Waals surface area contributed by atoms with Crippen molar-refractivity contribution in [3.8, 4) is 5.75 Å². The van der Waals surface area contributed by atoms with Gasteiger partial charge >= 0.3 is 0 Å². The van der Waals surface area contributed by atoms with Crippen LogP contribution in [0.1, 0.15) is 0 Å². The predicted octanol–water partition coefficient (Wildman–Crippen LogP) is 2.37. The van der Waals surface area contributed by atoms with Gasteiger partial charge in [0.1, 0.15) is 5.83 Å². The molecular formula is C12H8F2NO2-. The molecule has 1 aromatic carbocycles.